The molecule has 0 bridgehead atoms. The van der Waals surface area contributed by atoms with E-state index >= 15 is 0 Å². The second-order valence-electron chi connectivity index (χ2n) is 8.05. The summed E-state index contributed by atoms with van der Waals surface area (Å²) in [4.78, 5) is 16.9. The number of nitrogens with zero attached hydrogens (tertiary/aromatic N) is 4. The van der Waals surface area contributed by atoms with Crippen LogP contribution in [0, 0.1) is 5.92 Å². The number of carbonyl (C=O) groups excluding carboxylic acids is 1. The van der Waals surface area contributed by atoms with Gasteiger partial charge in [0.25, 0.3) is 0 Å². The Morgan fingerprint density at radius 1 is 1.00 bits per heavy atom. The molecule has 2 heterocycles. The molecule has 4 rings (SSSR count). The van der Waals surface area contributed by atoms with E-state index in [1.807, 2.05) is 41.3 Å². The minimum Gasteiger partial charge on any atom is -0.496 e. The molecule has 1 saturated carbocycles. The molecule has 29 heavy (non-hydrogen) atoms. The molecule has 2 fully saturated rings. The molecule has 1 saturated heterocycles. The summed E-state index contributed by atoms with van der Waals surface area (Å²) in [6.45, 7) is 3.14. The van der Waals surface area contributed by atoms with Gasteiger partial charge < -0.3 is 14.5 Å². The normalized spacial score (nSPS) is 18.0. The quantitative estimate of drug-likeness (QED) is 0.773. The van der Waals surface area contributed by atoms with Crippen LogP contribution in [0.2, 0.25) is 0 Å². The lowest BCUT2D eigenvalue weighted by molar-refractivity contribution is -0.132. The number of anilines is 1. The number of hydrogen-bond acceptors (Lipinski definition) is 5. The van der Waals surface area contributed by atoms with Crippen LogP contribution >= 0.6 is 0 Å². The number of amides is 1. The number of methoxy groups -OCH3 is 1. The van der Waals surface area contributed by atoms with Gasteiger partial charge in [0.05, 0.1) is 12.8 Å². The largest absolute Gasteiger partial charge is 0.496 e. The first-order chi connectivity index (χ1) is 14.2. The lowest BCUT2D eigenvalue weighted by Crippen LogP contribution is -2.49. The zero-order chi connectivity index (χ0) is 20.1. The van der Waals surface area contributed by atoms with Crippen molar-refractivity contribution in [2.45, 2.75) is 38.5 Å². The van der Waals surface area contributed by atoms with Gasteiger partial charge in [0.2, 0.25) is 5.91 Å². The summed E-state index contributed by atoms with van der Waals surface area (Å²) in [7, 11) is 1.66. The van der Waals surface area contributed by atoms with Crippen LogP contribution in [0.15, 0.2) is 36.4 Å². The smallest absolute Gasteiger partial charge is 0.222 e. The fraction of sp³-hybridized carbons (Fsp3) is 0.522. The fourth-order valence-corrected chi connectivity index (χ4v) is 4.45. The molecule has 6 nitrogen and oxygen atoms in total. The molecule has 0 atom stereocenters. The molecule has 154 valence electrons. The topological polar surface area (TPSA) is 58.6 Å². The fourth-order valence-electron chi connectivity index (χ4n) is 4.45. The number of para-hydroxylation sites is 1. The summed E-state index contributed by atoms with van der Waals surface area (Å²) in [6.07, 6.45) is 7.08. The van der Waals surface area contributed by atoms with Crippen molar-refractivity contribution >= 4 is 11.7 Å². The number of hydrogen-bond donors (Lipinski definition) is 0. The molecule has 0 spiro atoms. The summed E-state index contributed by atoms with van der Waals surface area (Å²) in [5, 5.41) is 8.85. The number of benzene rings is 1. The van der Waals surface area contributed by atoms with Crippen molar-refractivity contribution in [3.05, 3.63) is 36.4 Å². The first-order valence-electron chi connectivity index (χ1n) is 10.7. The number of aromatic nitrogens is 2. The van der Waals surface area contributed by atoms with Crippen molar-refractivity contribution in [1.29, 1.82) is 0 Å². The van der Waals surface area contributed by atoms with E-state index < -0.39 is 0 Å². The van der Waals surface area contributed by atoms with Crippen LogP contribution in [-0.2, 0) is 4.79 Å². The Balaban J connectivity index is 1.33. The summed E-state index contributed by atoms with van der Waals surface area (Å²) in [5.74, 6) is 2.58. The van der Waals surface area contributed by atoms with E-state index in [2.05, 4.69) is 15.1 Å². The second kappa shape index (κ2) is 9.25. The second-order valence-corrected chi connectivity index (χ2v) is 8.05. The van der Waals surface area contributed by atoms with Gasteiger partial charge in [-0.25, -0.2) is 0 Å². The van der Waals surface area contributed by atoms with Gasteiger partial charge in [-0.2, -0.15) is 0 Å². The van der Waals surface area contributed by atoms with Crippen molar-refractivity contribution in [1.82, 2.24) is 15.1 Å². The Bertz CT molecular complexity index is 810. The molecule has 0 radical (unpaired) electrons. The number of ether oxygens (including phenoxy) is 1. The van der Waals surface area contributed by atoms with Crippen molar-refractivity contribution in [3.63, 3.8) is 0 Å². The lowest BCUT2D eigenvalue weighted by Gasteiger charge is -2.36. The highest BCUT2D eigenvalue weighted by atomic mass is 16.5. The van der Waals surface area contributed by atoms with Crippen LogP contribution in [0.3, 0.4) is 0 Å². The van der Waals surface area contributed by atoms with E-state index in [0.717, 1.165) is 55.4 Å². The third kappa shape index (κ3) is 4.69. The maximum Gasteiger partial charge on any atom is 0.222 e. The average Bonchev–Trinajstić information content (AvgIpc) is 2.80. The zero-order valence-electron chi connectivity index (χ0n) is 17.2. The first-order valence-corrected chi connectivity index (χ1v) is 10.7. The van der Waals surface area contributed by atoms with E-state index in [1.54, 1.807) is 7.11 Å². The summed E-state index contributed by atoms with van der Waals surface area (Å²) < 4.78 is 5.42. The summed E-state index contributed by atoms with van der Waals surface area (Å²) >= 11 is 0. The summed E-state index contributed by atoms with van der Waals surface area (Å²) in [5.41, 5.74) is 1.74. The van der Waals surface area contributed by atoms with Crippen molar-refractivity contribution in [3.8, 4) is 17.0 Å². The Hall–Kier alpha value is -2.63. The van der Waals surface area contributed by atoms with Gasteiger partial charge in [-0.05, 0) is 43.0 Å². The van der Waals surface area contributed by atoms with Gasteiger partial charge >= 0.3 is 0 Å². The SMILES string of the molecule is COc1ccccc1-c1ccc(N2CCN(C(=O)CC3CCCCC3)CC2)nn1. The minimum atomic E-state index is 0.328. The maximum absolute atomic E-state index is 12.6. The van der Waals surface area contributed by atoms with Crippen LogP contribution in [-0.4, -0.2) is 54.3 Å². The number of rotatable bonds is 5. The standard InChI is InChI=1S/C23H30N4O2/c1-29-21-10-6-5-9-19(21)20-11-12-22(25-24-20)26-13-15-27(16-14-26)23(28)17-18-7-3-2-4-8-18/h5-6,9-12,18H,2-4,7-8,13-17H2,1H3. The van der Waals surface area contributed by atoms with Crippen LogP contribution in [0.1, 0.15) is 38.5 Å². The van der Waals surface area contributed by atoms with E-state index in [9.17, 15) is 4.79 Å². The van der Waals surface area contributed by atoms with Crippen LogP contribution in [0.25, 0.3) is 11.3 Å². The highest BCUT2D eigenvalue weighted by molar-refractivity contribution is 5.76. The van der Waals surface area contributed by atoms with E-state index in [4.69, 9.17) is 4.74 Å². The Morgan fingerprint density at radius 3 is 2.45 bits per heavy atom. The molecule has 0 N–H and O–H groups in total. The molecule has 6 heteroatoms. The van der Waals surface area contributed by atoms with Gasteiger partial charge in [-0.1, -0.05) is 31.4 Å². The average molecular weight is 395 g/mol. The van der Waals surface area contributed by atoms with Crippen molar-refractivity contribution in [2.75, 3.05) is 38.2 Å². The third-order valence-corrected chi connectivity index (χ3v) is 6.18. The summed E-state index contributed by atoms with van der Waals surface area (Å²) in [6, 6.07) is 11.8. The van der Waals surface area contributed by atoms with Crippen LogP contribution in [0.4, 0.5) is 5.82 Å². The molecular formula is C23H30N4O2. The van der Waals surface area contributed by atoms with Crippen molar-refractivity contribution in [2.24, 2.45) is 5.92 Å². The van der Waals surface area contributed by atoms with E-state index in [1.165, 1.54) is 32.1 Å². The Kier molecular flexibility index (Phi) is 6.27. The first kappa shape index (κ1) is 19.7. The number of piperazine rings is 1. The van der Waals surface area contributed by atoms with Gasteiger partial charge in [-0.15, -0.1) is 10.2 Å². The molecule has 1 amide bonds. The molecule has 1 aromatic heterocycles. The zero-order valence-corrected chi connectivity index (χ0v) is 17.2. The van der Waals surface area contributed by atoms with E-state index in [-0.39, 0.29) is 0 Å². The van der Waals surface area contributed by atoms with E-state index in [0.29, 0.717) is 11.8 Å². The molecule has 1 aliphatic carbocycles. The third-order valence-electron chi connectivity index (χ3n) is 6.18. The van der Waals surface area contributed by atoms with Crippen molar-refractivity contribution < 1.29 is 9.53 Å². The Morgan fingerprint density at radius 2 is 1.76 bits per heavy atom. The molecule has 1 aromatic carbocycles. The molecule has 2 aliphatic rings. The Labute approximate surface area is 172 Å². The van der Waals surface area contributed by atoms with Gasteiger partial charge in [0.1, 0.15) is 5.75 Å². The predicted octanol–water partition coefficient (Wildman–Crippen LogP) is 3.77. The monoisotopic (exact) mass is 394 g/mol. The maximum atomic E-state index is 12.6. The molecular weight excluding hydrogens is 364 g/mol. The van der Waals surface area contributed by atoms with Crippen LogP contribution in [0.5, 0.6) is 5.75 Å². The van der Waals surface area contributed by atoms with Gasteiger partial charge in [0.15, 0.2) is 5.82 Å². The number of carbonyl (C=O) groups is 1. The lowest BCUT2D eigenvalue weighted by atomic mass is 9.86. The highest BCUT2D eigenvalue weighted by Gasteiger charge is 2.25. The molecule has 2 aromatic rings. The molecule has 1 aliphatic heterocycles. The van der Waals surface area contributed by atoms with Gasteiger partial charge in [-0.3, -0.25) is 4.79 Å². The predicted molar refractivity (Wildman–Crippen MR) is 114 cm³/mol. The molecule has 0 unspecified atom stereocenters. The highest BCUT2D eigenvalue weighted by Crippen LogP contribution is 2.29. The van der Waals surface area contributed by atoms with Gasteiger partial charge in [0, 0.05) is 38.2 Å². The minimum absolute atomic E-state index is 0.328. The van der Waals surface area contributed by atoms with Crippen LogP contribution < -0.4 is 9.64 Å².